The minimum Gasteiger partial charge on any atom is -0.313 e. The first-order valence-corrected chi connectivity index (χ1v) is 7.85. The number of rotatable bonds is 3. The van der Waals surface area contributed by atoms with Gasteiger partial charge in [-0.2, -0.15) is 0 Å². The van der Waals surface area contributed by atoms with Gasteiger partial charge in [-0.3, -0.25) is 4.90 Å². The Morgan fingerprint density at radius 1 is 1.28 bits per heavy atom. The first kappa shape index (κ1) is 14.3. The Bertz CT molecular complexity index is 244. The molecule has 0 aliphatic carbocycles. The molecule has 1 N–H and O–H groups in total. The summed E-state index contributed by atoms with van der Waals surface area (Å²) in [7, 11) is 2.27. The van der Waals surface area contributed by atoms with Gasteiger partial charge in [-0.15, -0.1) is 0 Å². The van der Waals surface area contributed by atoms with Gasteiger partial charge < -0.3 is 10.2 Å². The van der Waals surface area contributed by atoms with E-state index < -0.39 is 0 Å². The van der Waals surface area contributed by atoms with Crippen LogP contribution in [0.3, 0.4) is 0 Å². The van der Waals surface area contributed by atoms with Crippen molar-refractivity contribution in [3.8, 4) is 0 Å². The van der Waals surface area contributed by atoms with E-state index in [0.29, 0.717) is 0 Å². The van der Waals surface area contributed by atoms with Crippen LogP contribution >= 0.6 is 0 Å². The molecule has 2 fully saturated rings. The van der Waals surface area contributed by atoms with Crippen molar-refractivity contribution in [2.45, 2.75) is 51.6 Å². The summed E-state index contributed by atoms with van der Waals surface area (Å²) in [5.41, 5.74) is 0. The standard InChI is InChI=1S/C15H31N3/c1-4-15-12-17(3)8-5-9-18(15)11-14-10-13(2)6-7-16-14/h13-16H,4-12H2,1-3H3. The van der Waals surface area contributed by atoms with Crippen LogP contribution in [-0.2, 0) is 0 Å². The Labute approximate surface area is 113 Å². The van der Waals surface area contributed by atoms with E-state index in [1.807, 2.05) is 0 Å². The quantitative estimate of drug-likeness (QED) is 0.827. The van der Waals surface area contributed by atoms with Crippen LogP contribution in [0.1, 0.15) is 39.5 Å². The Morgan fingerprint density at radius 2 is 2.11 bits per heavy atom. The zero-order chi connectivity index (χ0) is 13.0. The normalized spacial score (nSPS) is 36.5. The largest absolute Gasteiger partial charge is 0.313 e. The second-order valence-electron chi connectivity index (χ2n) is 6.45. The molecule has 2 heterocycles. The van der Waals surface area contributed by atoms with Gasteiger partial charge in [0.2, 0.25) is 0 Å². The van der Waals surface area contributed by atoms with Crippen molar-refractivity contribution in [3.63, 3.8) is 0 Å². The fourth-order valence-electron chi connectivity index (χ4n) is 3.56. The van der Waals surface area contributed by atoms with Gasteiger partial charge in [-0.1, -0.05) is 13.8 Å². The van der Waals surface area contributed by atoms with Crippen LogP contribution < -0.4 is 5.32 Å². The minimum atomic E-state index is 0.728. The molecule has 0 spiro atoms. The highest BCUT2D eigenvalue weighted by Crippen LogP contribution is 2.18. The van der Waals surface area contributed by atoms with E-state index >= 15 is 0 Å². The molecule has 0 aromatic carbocycles. The Kier molecular flexibility index (Phi) is 5.46. The number of piperidine rings is 1. The lowest BCUT2D eigenvalue weighted by Gasteiger charge is -2.36. The molecule has 0 bridgehead atoms. The molecule has 18 heavy (non-hydrogen) atoms. The van der Waals surface area contributed by atoms with Crippen LogP contribution in [0.4, 0.5) is 0 Å². The minimum absolute atomic E-state index is 0.728. The number of nitrogens with one attached hydrogen (secondary N) is 1. The maximum Gasteiger partial charge on any atom is 0.0221 e. The van der Waals surface area contributed by atoms with Crippen molar-refractivity contribution in [2.24, 2.45) is 5.92 Å². The van der Waals surface area contributed by atoms with Crippen LogP contribution in [0.25, 0.3) is 0 Å². The van der Waals surface area contributed by atoms with Crippen molar-refractivity contribution in [1.82, 2.24) is 15.1 Å². The molecule has 0 aromatic heterocycles. The van der Waals surface area contributed by atoms with E-state index in [1.165, 1.54) is 58.4 Å². The number of hydrogen-bond acceptors (Lipinski definition) is 3. The Morgan fingerprint density at radius 3 is 2.83 bits per heavy atom. The monoisotopic (exact) mass is 253 g/mol. The zero-order valence-corrected chi connectivity index (χ0v) is 12.5. The van der Waals surface area contributed by atoms with E-state index in [4.69, 9.17) is 0 Å². The molecule has 3 unspecified atom stereocenters. The fraction of sp³-hybridized carbons (Fsp3) is 1.00. The Balaban J connectivity index is 1.88. The lowest BCUT2D eigenvalue weighted by Crippen LogP contribution is -2.49. The molecule has 2 aliphatic rings. The highest BCUT2D eigenvalue weighted by molar-refractivity contribution is 4.84. The maximum absolute atomic E-state index is 3.72. The van der Waals surface area contributed by atoms with Gasteiger partial charge >= 0.3 is 0 Å². The second kappa shape index (κ2) is 6.88. The second-order valence-corrected chi connectivity index (χ2v) is 6.45. The molecule has 0 radical (unpaired) electrons. The number of hydrogen-bond donors (Lipinski definition) is 1. The third-order valence-electron chi connectivity index (χ3n) is 4.71. The van der Waals surface area contributed by atoms with E-state index in [-0.39, 0.29) is 0 Å². The van der Waals surface area contributed by atoms with Crippen molar-refractivity contribution in [2.75, 3.05) is 39.8 Å². The van der Waals surface area contributed by atoms with E-state index in [1.54, 1.807) is 0 Å². The molecule has 2 saturated heterocycles. The summed E-state index contributed by atoms with van der Waals surface area (Å²) in [6.45, 7) is 11.0. The summed E-state index contributed by atoms with van der Waals surface area (Å²) in [6.07, 6.45) is 5.33. The topological polar surface area (TPSA) is 18.5 Å². The van der Waals surface area contributed by atoms with Crippen LogP contribution in [0.5, 0.6) is 0 Å². The highest BCUT2D eigenvalue weighted by atomic mass is 15.2. The first-order chi connectivity index (χ1) is 8.69. The fourth-order valence-corrected chi connectivity index (χ4v) is 3.56. The van der Waals surface area contributed by atoms with Crippen molar-refractivity contribution < 1.29 is 0 Å². The summed E-state index contributed by atoms with van der Waals surface area (Å²) in [4.78, 5) is 5.25. The van der Waals surface area contributed by atoms with Gasteiger partial charge in [-0.05, 0) is 58.3 Å². The van der Waals surface area contributed by atoms with E-state index in [9.17, 15) is 0 Å². The molecule has 3 atom stereocenters. The highest BCUT2D eigenvalue weighted by Gasteiger charge is 2.26. The van der Waals surface area contributed by atoms with E-state index in [0.717, 1.165) is 18.0 Å². The molecule has 2 rings (SSSR count). The van der Waals surface area contributed by atoms with Gasteiger partial charge in [-0.25, -0.2) is 0 Å². The molecule has 0 saturated carbocycles. The van der Waals surface area contributed by atoms with Crippen molar-refractivity contribution >= 4 is 0 Å². The third kappa shape index (κ3) is 3.94. The van der Waals surface area contributed by atoms with Crippen LogP contribution in [0, 0.1) is 5.92 Å². The number of likely N-dealkylation sites (N-methyl/N-ethyl adjacent to an activating group) is 1. The van der Waals surface area contributed by atoms with Crippen molar-refractivity contribution in [3.05, 3.63) is 0 Å². The SMILES string of the molecule is CCC1CN(C)CCCN1CC1CC(C)CCN1. The molecule has 3 heteroatoms. The molecule has 0 amide bonds. The summed E-state index contributed by atoms with van der Waals surface area (Å²) in [6, 6.07) is 1.49. The van der Waals surface area contributed by atoms with Crippen molar-refractivity contribution in [1.29, 1.82) is 0 Å². The molecular formula is C15H31N3. The predicted molar refractivity (Wildman–Crippen MR) is 78.0 cm³/mol. The lowest BCUT2D eigenvalue weighted by molar-refractivity contribution is 0.149. The smallest absolute Gasteiger partial charge is 0.0221 e. The van der Waals surface area contributed by atoms with E-state index in [2.05, 4.69) is 36.0 Å². The summed E-state index contributed by atoms with van der Waals surface area (Å²) in [5, 5.41) is 3.72. The van der Waals surface area contributed by atoms with Crippen LogP contribution in [-0.4, -0.2) is 61.7 Å². The molecule has 0 aromatic rings. The van der Waals surface area contributed by atoms with Gasteiger partial charge in [0.05, 0.1) is 0 Å². The Hall–Kier alpha value is -0.120. The van der Waals surface area contributed by atoms with Gasteiger partial charge in [0, 0.05) is 25.2 Å². The van der Waals surface area contributed by atoms with Gasteiger partial charge in [0.15, 0.2) is 0 Å². The molecule has 2 aliphatic heterocycles. The molecule has 106 valence electrons. The summed E-state index contributed by atoms with van der Waals surface area (Å²) < 4.78 is 0. The average molecular weight is 253 g/mol. The summed E-state index contributed by atoms with van der Waals surface area (Å²) in [5.74, 6) is 0.908. The molecular weight excluding hydrogens is 222 g/mol. The third-order valence-corrected chi connectivity index (χ3v) is 4.71. The average Bonchev–Trinajstić information content (AvgIpc) is 2.51. The summed E-state index contributed by atoms with van der Waals surface area (Å²) >= 11 is 0. The zero-order valence-electron chi connectivity index (χ0n) is 12.5. The predicted octanol–water partition coefficient (Wildman–Crippen LogP) is 1.79. The maximum atomic E-state index is 3.72. The van der Waals surface area contributed by atoms with Crippen LogP contribution in [0.2, 0.25) is 0 Å². The first-order valence-electron chi connectivity index (χ1n) is 7.85. The lowest BCUT2D eigenvalue weighted by atomic mass is 9.93. The van der Waals surface area contributed by atoms with Gasteiger partial charge in [0.1, 0.15) is 0 Å². The van der Waals surface area contributed by atoms with Crippen LogP contribution in [0.15, 0.2) is 0 Å². The van der Waals surface area contributed by atoms with Gasteiger partial charge in [0.25, 0.3) is 0 Å². The molecule has 3 nitrogen and oxygen atoms in total. The number of nitrogens with zero attached hydrogens (tertiary/aromatic N) is 2.